The third-order valence-electron chi connectivity index (χ3n) is 4.45. The van der Waals surface area contributed by atoms with Crippen LogP contribution < -0.4 is 0 Å². The Bertz CT molecular complexity index is 399. The van der Waals surface area contributed by atoms with Crippen molar-refractivity contribution in [2.75, 3.05) is 0 Å². The maximum Gasteiger partial charge on any atom is 0.321 e. The van der Waals surface area contributed by atoms with Gasteiger partial charge in [0.1, 0.15) is 0 Å². The molecule has 108 valence electrons. The smallest absolute Gasteiger partial charge is 0.321 e. The number of carbonyl (C=O) groups excluding carboxylic acids is 2. The zero-order valence-corrected chi connectivity index (χ0v) is 13.0. The average Bonchev–Trinajstić information content (AvgIpc) is 2.54. The lowest BCUT2D eigenvalue weighted by Gasteiger charge is -2.37. The molecule has 3 heteroatoms. The van der Waals surface area contributed by atoms with Gasteiger partial charge in [-0.1, -0.05) is 53.7 Å². The highest BCUT2D eigenvalue weighted by Gasteiger charge is 2.41. The standard InChI is InChI=1S/C16H26O3/c1-10(15(3,4)5)9-16(6,7)11(2)12-8-13(17)19-14(12)18/h10,12H,2,8-9H2,1,3-7H3. The van der Waals surface area contributed by atoms with Gasteiger partial charge in [0.15, 0.2) is 0 Å². The fraction of sp³-hybridized carbons (Fsp3) is 0.750. The Morgan fingerprint density at radius 2 is 1.84 bits per heavy atom. The molecular formula is C16H26O3. The molecule has 0 saturated carbocycles. The number of hydrogen-bond donors (Lipinski definition) is 0. The summed E-state index contributed by atoms with van der Waals surface area (Å²) in [7, 11) is 0. The van der Waals surface area contributed by atoms with E-state index in [4.69, 9.17) is 0 Å². The maximum atomic E-state index is 11.7. The zero-order chi connectivity index (χ0) is 15.0. The molecule has 0 bridgehead atoms. The van der Waals surface area contributed by atoms with E-state index >= 15 is 0 Å². The molecule has 1 aliphatic heterocycles. The minimum Gasteiger partial charge on any atom is -0.393 e. The third-order valence-corrected chi connectivity index (χ3v) is 4.45. The van der Waals surface area contributed by atoms with Gasteiger partial charge in [-0.05, 0) is 23.2 Å². The predicted octanol–water partition coefficient (Wildman–Crippen LogP) is 3.73. The van der Waals surface area contributed by atoms with Crippen LogP contribution in [0.15, 0.2) is 12.2 Å². The number of ether oxygens (including phenoxy) is 1. The van der Waals surface area contributed by atoms with Crippen molar-refractivity contribution in [2.45, 2.75) is 54.4 Å². The molecule has 0 amide bonds. The summed E-state index contributed by atoms with van der Waals surface area (Å²) in [5.41, 5.74) is 0.851. The molecule has 0 aromatic rings. The summed E-state index contributed by atoms with van der Waals surface area (Å²) in [6.45, 7) is 17.1. The van der Waals surface area contributed by atoms with Crippen molar-refractivity contribution in [3.63, 3.8) is 0 Å². The van der Waals surface area contributed by atoms with Crippen LogP contribution in [0, 0.1) is 22.7 Å². The fourth-order valence-electron chi connectivity index (χ4n) is 2.41. The van der Waals surface area contributed by atoms with Gasteiger partial charge in [-0.25, -0.2) is 0 Å². The summed E-state index contributed by atoms with van der Waals surface area (Å²) in [4.78, 5) is 22.8. The molecule has 0 spiro atoms. The van der Waals surface area contributed by atoms with Crippen molar-refractivity contribution in [3.8, 4) is 0 Å². The van der Waals surface area contributed by atoms with E-state index in [9.17, 15) is 9.59 Å². The Morgan fingerprint density at radius 1 is 1.32 bits per heavy atom. The fourth-order valence-corrected chi connectivity index (χ4v) is 2.41. The van der Waals surface area contributed by atoms with E-state index in [-0.39, 0.29) is 17.3 Å². The molecule has 19 heavy (non-hydrogen) atoms. The van der Waals surface area contributed by atoms with E-state index < -0.39 is 17.9 Å². The molecule has 0 aromatic carbocycles. The molecular weight excluding hydrogens is 240 g/mol. The van der Waals surface area contributed by atoms with E-state index in [1.165, 1.54) is 0 Å². The number of cyclic esters (lactones) is 2. The predicted molar refractivity (Wildman–Crippen MR) is 75.4 cm³/mol. The van der Waals surface area contributed by atoms with Crippen molar-refractivity contribution in [2.24, 2.45) is 22.7 Å². The van der Waals surface area contributed by atoms with Crippen molar-refractivity contribution < 1.29 is 14.3 Å². The molecule has 0 aromatic heterocycles. The first kappa shape index (κ1) is 15.9. The Balaban J connectivity index is 2.80. The first-order chi connectivity index (χ1) is 8.45. The van der Waals surface area contributed by atoms with Gasteiger partial charge < -0.3 is 4.74 Å². The number of esters is 2. The van der Waals surface area contributed by atoms with Crippen LogP contribution in [0.25, 0.3) is 0 Å². The van der Waals surface area contributed by atoms with Gasteiger partial charge in [-0.3, -0.25) is 9.59 Å². The summed E-state index contributed by atoms with van der Waals surface area (Å²) in [6.07, 6.45) is 1.08. The molecule has 2 atom stereocenters. The maximum absolute atomic E-state index is 11.7. The number of hydrogen-bond acceptors (Lipinski definition) is 3. The Labute approximate surface area is 116 Å². The van der Waals surface area contributed by atoms with Crippen LogP contribution in [0.2, 0.25) is 0 Å². The summed E-state index contributed by atoms with van der Waals surface area (Å²) in [5, 5.41) is 0. The molecule has 1 aliphatic rings. The lowest BCUT2D eigenvalue weighted by atomic mass is 9.67. The van der Waals surface area contributed by atoms with Crippen molar-refractivity contribution in [1.82, 2.24) is 0 Å². The largest absolute Gasteiger partial charge is 0.393 e. The van der Waals surface area contributed by atoms with Crippen molar-refractivity contribution in [1.29, 1.82) is 0 Å². The molecule has 1 fully saturated rings. The molecule has 3 nitrogen and oxygen atoms in total. The van der Waals surface area contributed by atoms with E-state index in [0.29, 0.717) is 5.92 Å². The zero-order valence-electron chi connectivity index (χ0n) is 13.0. The Hall–Kier alpha value is -1.12. The minimum absolute atomic E-state index is 0.144. The lowest BCUT2D eigenvalue weighted by molar-refractivity contribution is -0.152. The lowest BCUT2D eigenvalue weighted by Crippen LogP contribution is -2.29. The SMILES string of the molecule is C=C(C1CC(=O)OC1=O)C(C)(C)CC(C)C(C)(C)C. The van der Waals surface area contributed by atoms with Crippen LogP contribution in [-0.2, 0) is 14.3 Å². The van der Waals surface area contributed by atoms with Crippen LogP contribution in [0.4, 0.5) is 0 Å². The van der Waals surface area contributed by atoms with Crippen LogP contribution in [0.5, 0.6) is 0 Å². The molecule has 1 rings (SSSR count). The topological polar surface area (TPSA) is 43.4 Å². The molecule has 0 radical (unpaired) electrons. The van der Waals surface area contributed by atoms with Crippen molar-refractivity contribution >= 4 is 11.9 Å². The highest BCUT2D eigenvalue weighted by molar-refractivity contribution is 5.96. The third kappa shape index (κ3) is 3.68. The van der Waals surface area contributed by atoms with Crippen LogP contribution in [0.1, 0.15) is 54.4 Å². The minimum atomic E-state index is -0.463. The second-order valence-electron chi connectivity index (χ2n) is 7.43. The van der Waals surface area contributed by atoms with E-state index in [1.54, 1.807) is 0 Å². The van der Waals surface area contributed by atoms with Gasteiger partial charge in [0.05, 0.1) is 12.3 Å². The van der Waals surface area contributed by atoms with E-state index in [2.05, 4.69) is 52.9 Å². The quantitative estimate of drug-likeness (QED) is 0.442. The summed E-state index contributed by atoms with van der Waals surface area (Å²) >= 11 is 0. The molecule has 2 unspecified atom stereocenters. The van der Waals surface area contributed by atoms with E-state index in [0.717, 1.165) is 12.0 Å². The summed E-state index contributed by atoms with van der Waals surface area (Å²) < 4.78 is 4.62. The van der Waals surface area contributed by atoms with E-state index in [1.807, 2.05) is 0 Å². The van der Waals surface area contributed by atoms with Gasteiger partial charge in [-0.2, -0.15) is 0 Å². The first-order valence-electron chi connectivity index (χ1n) is 6.89. The van der Waals surface area contributed by atoms with Crippen LogP contribution in [0.3, 0.4) is 0 Å². The van der Waals surface area contributed by atoms with Gasteiger partial charge in [0.2, 0.25) is 0 Å². The second kappa shape index (κ2) is 5.10. The number of carbonyl (C=O) groups is 2. The van der Waals surface area contributed by atoms with Crippen LogP contribution in [-0.4, -0.2) is 11.9 Å². The molecule has 1 heterocycles. The van der Waals surface area contributed by atoms with Gasteiger partial charge in [-0.15, -0.1) is 0 Å². The average molecular weight is 266 g/mol. The Morgan fingerprint density at radius 3 is 2.21 bits per heavy atom. The van der Waals surface area contributed by atoms with Crippen LogP contribution >= 0.6 is 0 Å². The second-order valence-corrected chi connectivity index (χ2v) is 7.43. The molecule has 0 N–H and O–H groups in total. The summed E-state index contributed by atoms with van der Waals surface area (Å²) in [6, 6.07) is 0. The normalized spacial score (nSPS) is 22.3. The number of rotatable bonds is 4. The van der Waals surface area contributed by atoms with Gasteiger partial charge in [0.25, 0.3) is 0 Å². The van der Waals surface area contributed by atoms with Gasteiger partial charge >= 0.3 is 11.9 Å². The molecule has 1 saturated heterocycles. The Kier molecular flexibility index (Phi) is 4.28. The summed E-state index contributed by atoms with van der Waals surface area (Å²) in [5.74, 6) is -0.843. The first-order valence-corrected chi connectivity index (χ1v) is 6.89. The highest BCUT2D eigenvalue weighted by atomic mass is 16.6. The van der Waals surface area contributed by atoms with Crippen molar-refractivity contribution in [3.05, 3.63) is 12.2 Å². The highest BCUT2D eigenvalue weighted by Crippen LogP contribution is 2.43. The monoisotopic (exact) mass is 266 g/mol. The molecule has 0 aliphatic carbocycles. The van der Waals surface area contributed by atoms with Gasteiger partial charge in [0, 0.05) is 0 Å².